The Morgan fingerprint density at radius 3 is 2.24 bits per heavy atom. The topological polar surface area (TPSA) is 123 Å². The summed E-state index contributed by atoms with van der Waals surface area (Å²) >= 11 is 0. The molecule has 0 spiro atoms. The summed E-state index contributed by atoms with van der Waals surface area (Å²) in [4.78, 5) is 28.7. The maximum Gasteiger partial charge on any atom is 0.240 e. The lowest BCUT2D eigenvalue weighted by molar-refractivity contribution is -0.127. The minimum atomic E-state index is -0.805. The molecule has 0 radical (unpaired) electrons. The highest BCUT2D eigenvalue weighted by Crippen LogP contribution is 2.24. The SMILES string of the molecule is CC(C)(C)c1ccc(Cn2nc(-c3ccncc3)cc2CCCCC(=O)NC(Cc2ccc(O)cc2)C(N)=O)cc1. The van der Waals surface area contributed by atoms with Crippen LogP contribution in [0.1, 0.15) is 62.4 Å². The summed E-state index contributed by atoms with van der Waals surface area (Å²) in [7, 11) is 0. The molecule has 0 aliphatic carbocycles. The van der Waals surface area contributed by atoms with E-state index >= 15 is 0 Å². The van der Waals surface area contributed by atoms with Crippen molar-refractivity contribution in [3.63, 3.8) is 0 Å². The van der Waals surface area contributed by atoms with Crippen LogP contribution in [0, 0.1) is 0 Å². The van der Waals surface area contributed by atoms with Gasteiger partial charge in [0.15, 0.2) is 0 Å². The van der Waals surface area contributed by atoms with Crippen LogP contribution in [0.3, 0.4) is 0 Å². The fourth-order valence-electron chi connectivity index (χ4n) is 4.69. The van der Waals surface area contributed by atoms with Gasteiger partial charge in [-0.25, -0.2) is 0 Å². The van der Waals surface area contributed by atoms with E-state index in [9.17, 15) is 14.7 Å². The lowest BCUT2D eigenvalue weighted by atomic mass is 9.87. The Morgan fingerprint density at radius 1 is 0.951 bits per heavy atom. The second-order valence-electron chi connectivity index (χ2n) is 11.5. The molecule has 0 saturated carbocycles. The van der Waals surface area contributed by atoms with E-state index in [4.69, 9.17) is 10.8 Å². The molecule has 4 N–H and O–H groups in total. The third-order valence-electron chi connectivity index (χ3n) is 7.13. The van der Waals surface area contributed by atoms with Crippen molar-refractivity contribution in [1.29, 1.82) is 0 Å². The van der Waals surface area contributed by atoms with Gasteiger partial charge in [0, 0.05) is 36.5 Å². The van der Waals surface area contributed by atoms with Gasteiger partial charge in [0.05, 0.1) is 12.2 Å². The van der Waals surface area contributed by atoms with Crippen LogP contribution in [0.5, 0.6) is 5.75 Å². The van der Waals surface area contributed by atoms with E-state index in [1.807, 2.05) is 16.8 Å². The summed E-state index contributed by atoms with van der Waals surface area (Å²) < 4.78 is 2.04. The van der Waals surface area contributed by atoms with Gasteiger partial charge >= 0.3 is 0 Å². The van der Waals surface area contributed by atoms with Crippen molar-refractivity contribution in [1.82, 2.24) is 20.1 Å². The van der Waals surface area contributed by atoms with E-state index in [1.54, 1.807) is 36.7 Å². The maximum atomic E-state index is 12.6. The van der Waals surface area contributed by atoms with Crippen LogP contribution in [-0.4, -0.2) is 37.7 Å². The molecular formula is C33H39N5O3. The number of nitrogens with two attached hydrogens (primary N) is 1. The summed E-state index contributed by atoms with van der Waals surface area (Å²) in [5, 5.41) is 17.1. The molecular weight excluding hydrogens is 514 g/mol. The molecule has 0 bridgehead atoms. The molecule has 214 valence electrons. The normalized spacial score (nSPS) is 12.2. The van der Waals surface area contributed by atoms with Crippen molar-refractivity contribution < 1.29 is 14.7 Å². The van der Waals surface area contributed by atoms with Crippen molar-refractivity contribution in [2.75, 3.05) is 0 Å². The van der Waals surface area contributed by atoms with E-state index in [0.717, 1.165) is 35.4 Å². The number of hydrogen-bond donors (Lipinski definition) is 3. The Labute approximate surface area is 241 Å². The first-order valence-electron chi connectivity index (χ1n) is 14.0. The van der Waals surface area contributed by atoms with E-state index in [-0.39, 0.29) is 23.5 Å². The number of carbonyl (C=O) groups excluding carboxylic acids is 2. The van der Waals surface area contributed by atoms with Crippen LogP contribution in [-0.2, 0) is 34.4 Å². The zero-order valence-electron chi connectivity index (χ0n) is 24.0. The van der Waals surface area contributed by atoms with Gasteiger partial charge in [-0.3, -0.25) is 19.3 Å². The molecule has 0 saturated heterocycles. The summed E-state index contributed by atoms with van der Waals surface area (Å²) in [5.74, 6) is -0.659. The van der Waals surface area contributed by atoms with Crippen LogP contribution in [0.25, 0.3) is 11.3 Å². The number of phenolic OH excluding ortho intramolecular Hbond substituents is 1. The minimum Gasteiger partial charge on any atom is -0.508 e. The molecule has 8 heteroatoms. The number of amides is 2. The number of hydrogen-bond acceptors (Lipinski definition) is 5. The van der Waals surface area contributed by atoms with Crippen molar-refractivity contribution in [3.05, 3.63) is 102 Å². The van der Waals surface area contributed by atoms with Crippen LogP contribution >= 0.6 is 0 Å². The molecule has 0 aliphatic heterocycles. The fourth-order valence-corrected chi connectivity index (χ4v) is 4.69. The Kier molecular flexibility index (Phi) is 9.55. The van der Waals surface area contributed by atoms with E-state index in [0.29, 0.717) is 19.4 Å². The number of rotatable bonds is 12. The van der Waals surface area contributed by atoms with Gasteiger partial charge in [0.1, 0.15) is 11.8 Å². The average Bonchev–Trinajstić information content (AvgIpc) is 3.34. The number of nitrogens with one attached hydrogen (secondary N) is 1. The first kappa shape index (κ1) is 29.5. The summed E-state index contributed by atoms with van der Waals surface area (Å²) in [6.45, 7) is 7.28. The molecule has 1 unspecified atom stereocenters. The van der Waals surface area contributed by atoms with E-state index in [2.05, 4.69) is 61.4 Å². The second-order valence-corrected chi connectivity index (χ2v) is 11.5. The number of aromatic hydroxyl groups is 1. The first-order valence-corrected chi connectivity index (χ1v) is 14.0. The predicted octanol–water partition coefficient (Wildman–Crippen LogP) is 4.92. The zero-order chi connectivity index (χ0) is 29.4. The number of nitrogens with zero attached hydrogens (tertiary/aromatic N) is 3. The van der Waals surface area contributed by atoms with Gasteiger partial charge < -0.3 is 16.2 Å². The predicted molar refractivity (Wildman–Crippen MR) is 160 cm³/mol. The zero-order valence-corrected chi connectivity index (χ0v) is 24.0. The fraction of sp³-hybridized carbons (Fsp3) is 0.333. The number of phenols is 1. The number of aromatic nitrogens is 3. The van der Waals surface area contributed by atoms with Crippen molar-refractivity contribution in [2.45, 2.75) is 70.9 Å². The van der Waals surface area contributed by atoms with Gasteiger partial charge in [-0.15, -0.1) is 0 Å². The number of carbonyl (C=O) groups is 2. The van der Waals surface area contributed by atoms with Crippen molar-refractivity contribution in [2.24, 2.45) is 5.73 Å². The number of primary amides is 1. The largest absolute Gasteiger partial charge is 0.508 e. The highest BCUT2D eigenvalue weighted by atomic mass is 16.3. The van der Waals surface area contributed by atoms with Crippen molar-refractivity contribution in [3.8, 4) is 17.0 Å². The molecule has 1 atom stereocenters. The highest BCUT2D eigenvalue weighted by molar-refractivity contribution is 5.86. The lowest BCUT2D eigenvalue weighted by Crippen LogP contribution is -2.45. The van der Waals surface area contributed by atoms with E-state index in [1.165, 1.54) is 11.1 Å². The number of benzene rings is 2. The Hall–Kier alpha value is -4.46. The highest BCUT2D eigenvalue weighted by Gasteiger charge is 2.19. The summed E-state index contributed by atoms with van der Waals surface area (Å²) in [6, 6.07) is 20.4. The number of unbranched alkanes of at least 4 members (excludes halogenated alkanes) is 1. The molecule has 2 amide bonds. The van der Waals surface area contributed by atoms with Crippen LogP contribution in [0.4, 0.5) is 0 Å². The Balaban J connectivity index is 1.37. The van der Waals surface area contributed by atoms with Crippen molar-refractivity contribution >= 4 is 11.8 Å². The molecule has 0 aliphatic rings. The maximum absolute atomic E-state index is 12.6. The van der Waals surface area contributed by atoms with Crippen LogP contribution in [0.15, 0.2) is 79.1 Å². The molecule has 2 aromatic heterocycles. The monoisotopic (exact) mass is 553 g/mol. The Bertz CT molecular complexity index is 1440. The molecule has 4 rings (SSSR count). The first-order chi connectivity index (χ1) is 19.6. The minimum absolute atomic E-state index is 0.0964. The lowest BCUT2D eigenvalue weighted by Gasteiger charge is -2.19. The standard InChI is InChI=1S/C33H39N5O3/c1-33(2,3)26-12-8-24(9-13-26)22-38-27(21-29(37-38)25-16-18-35-19-17-25)6-4-5-7-31(40)36-30(32(34)41)20-23-10-14-28(39)15-11-23/h8-19,21,30,39H,4-7,20,22H2,1-3H3,(H2,34,41)(H,36,40). The van der Waals surface area contributed by atoms with Gasteiger partial charge in [-0.05, 0) is 71.7 Å². The second kappa shape index (κ2) is 13.3. The average molecular weight is 554 g/mol. The molecule has 0 fully saturated rings. The Morgan fingerprint density at radius 2 is 1.61 bits per heavy atom. The molecule has 8 nitrogen and oxygen atoms in total. The number of aryl methyl sites for hydroxylation is 1. The number of pyridine rings is 1. The summed E-state index contributed by atoms with van der Waals surface area (Å²) in [6.07, 6.45) is 6.30. The van der Waals surface area contributed by atoms with E-state index < -0.39 is 11.9 Å². The third kappa shape index (κ3) is 8.51. The van der Waals surface area contributed by atoms with Crippen LogP contribution in [0.2, 0.25) is 0 Å². The summed E-state index contributed by atoms with van der Waals surface area (Å²) in [5.41, 5.74) is 11.9. The van der Waals surface area contributed by atoms with Gasteiger partial charge in [-0.1, -0.05) is 57.2 Å². The van der Waals surface area contributed by atoms with Gasteiger partial charge in [0.25, 0.3) is 0 Å². The van der Waals surface area contributed by atoms with Gasteiger partial charge in [-0.2, -0.15) is 5.10 Å². The quantitative estimate of drug-likeness (QED) is 0.215. The van der Waals surface area contributed by atoms with Crippen LogP contribution < -0.4 is 11.1 Å². The van der Waals surface area contributed by atoms with Gasteiger partial charge in [0.2, 0.25) is 11.8 Å². The molecule has 4 aromatic rings. The molecule has 2 aromatic carbocycles. The third-order valence-corrected chi connectivity index (χ3v) is 7.13. The smallest absolute Gasteiger partial charge is 0.240 e. The molecule has 41 heavy (non-hydrogen) atoms. The molecule has 2 heterocycles.